The zero-order valence-corrected chi connectivity index (χ0v) is 33.7. The Morgan fingerprint density at radius 3 is 1.53 bits per heavy atom. The lowest BCUT2D eigenvalue weighted by molar-refractivity contribution is 1.08. The predicted octanol–water partition coefficient (Wildman–Crippen LogP) is 15.6. The summed E-state index contributed by atoms with van der Waals surface area (Å²) >= 11 is 0. The van der Waals surface area contributed by atoms with Crippen LogP contribution in [0.1, 0.15) is 0 Å². The van der Waals surface area contributed by atoms with Gasteiger partial charge in [-0.3, -0.25) is 0 Å². The number of benzene rings is 11. The van der Waals surface area contributed by atoms with Crippen molar-refractivity contribution in [2.75, 3.05) is 0 Å². The van der Waals surface area contributed by atoms with Gasteiger partial charge in [0.2, 0.25) is 0 Å². The van der Waals surface area contributed by atoms with Crippen molar-refractivity contribution in [3.8, 4) is 67.5 Å². The van der Waals surface area contributed by atoms with Gasteiger partial charge in [0, 0.05) is 16.7 Å². The van der Waals surface area contributed by atoms with Crippen LogP contribution in [0.2, 0.25) is 0 Å². The Bertz CT molecular complexity index is 3690. The largest absolute Gasteiger partial charge is 0.208 e. The van der Waals surface area contributed by atoms with E-state index in [1.54, 1.807) is 0 Å². The second kappa shape index (κ2) is 14.8. The van der Waals surface area contributed by atoms with Crippen molar-refractivity contribution in [3.05, 3.63) is 224 Å². The first-order chi connectivity index (χ1) is 30.7. The Morgan fingerprint density at radius 2 is 0.742 bits per heavy atom. The molecule has 0 atom stereocenters. The van der Waals surface area contributed by atoms with Gasteiger partial charge in [-0.2, -0.15) is 0 Å². The van der Waals surface area contributed by atoms with Gasteiger partial charge in [-0.25, -0.2) is 15.0 Å². The van der Waals surface area contributed by atoms with E-state index in [1.807, 2.05) is 6.07 Å². The molecule has 0 saturated heterocycles. The highest BCUT2D eigenvalue weighted by molar-refractivity contribution is 6.23. The molecule has 62 heavy (non-hydrogen) atoms. The van der Waals surface area contributed by atoms with Crippen molar-refractivity contribution < 1.29 is 0 Å². The summed E-state index contributed by atoms with van der Waals surface area (Å²) in [6.45, 7) is 0. The van der Waals surface area contributed by atoms with Gasteiger partial charge in [-0.05, 0) is 105 Å². The van der Waals surface area contributed by atoms with E-state index in [-0.39, 0.29) is 0 Å². The molecule has 0 amide bonds. The highest BCUT2D eigenvalue weighted by atomic mass is 15.0. The summed E-state index contributed by atoms with van der Waals surface area (Å²) in [5.41, 5.74) is 9.71. The number of hydrogen-bond donors (Lipinski definition) is 0. The Kier molecular flexibility index (Phi) is 8.50. The number of fused-ring (bicyclic) bond motifs is 6. The van der Waals surface area contributed by atoms with Crippen LogP contribution in [0.15, 0.2) is 224 Å². The molecule has 0 unspecified atom stereocenters. The maximum Gasteiger partial charge on any atom is 0.164 e. The highest BCUT2D eigenvalue weighted by Crippen LogP contribution is 2.44. The molecule has 12 rings (SSSR count). The monoisotopic (exact) mass is 787 g/mol. The molecule has 0 spiro atoms. The predicted molar refractivity (Wildman–Crippen MR) is 260 cm³/mol. The summed E-state index contributed by atoms with van der Waals surface area (Å²) in [5.74, 6) is 1.88. The van der Waals surface area contributed by atoms with E-state index in [0.717, 1.165) is 44.2 Å². The van der Waals surface area contributed by atoms with Crippen molar-refractivity contribution >= 4 is 53.9 Å². The Morgan fingerprint density at radius 1 is 0.210 bits per heavy atom. The van der Waals surface area contributed by atoms with E-state index in [0.29, 0.717) is 17.5 Å². The lowest BCUT2D eigenvalue weighted by atomic mass is 9.87. The van der Waals surface area contributed by atoms with Crippen LogP contribution in [0, 0.1) is 0 Å². The first kappa shape index (κ1) is 35.7. The molecule has 0 aliphatic rings. The van der Waals surface area contributed by atoms with Gasteiger partial charge in [-0.1, -0.05) is 206 Å². The third-order valence-corrected chi connectivity index (χ3v) is 12.3. The van der Waals surface area contributed by atoms with Crippen LogP contribution in [-0.4, -0.2) is 15.0 Å². The van der Waals surface area contributed by atoms with Crippen LogP contribution < -0.4 is 0 Å². The summed E-state index contributed by atoms with van der Waals surface area (Å²) in [6, 6.07) is 80.1. The van der Waals surface area contributed by atoms with E-state index < -0.39 is 0 Å². The standard InChI is InChI=1S/C59H37N3/c1-2-15-40(16-3-1)46-20-10-13-25-53(46)58-60-57(42-29-26-39(27-30-42)44-31-28-38-14-4-5-18-43(38)36-44)61-59(62-58)54-35-34-51(49-23-11-12-24-50(49)54)56-48-22-9-7-19-45(48)37-55-47-21-8-6-17-41(47)32-33-52(55)56/h1-37H. The van der Waals surface area contributed by atoms with Crippen LogP contribution in [0.25, 0.3) is 121 Å². The van der Waals surface area contributed by atoms with Crippen LogP contribution in [0.4, 0.5) is 0 Å². The summed E-state index contributed by atoms with van der Waals surface area (Å²) in [7, 11) is 0. The van der Waals surface area contributed by atoms with Gasteiger partial charge in [0.15, 0.2) is 17.5 Å². The maximum absolute atomic E-state index is 5.34. The van der Waals surface area contributed by atoms with Gasteiger partial charge in [-0.15, -0.1) is 0 Å². The van der Waals surface area contributed by atoms with E-state index in [9.17, 15) is 0 Å². The molecular weight excluding hydrogens is 751 g/mol. The van der Waals surface area contributed by atoms with Gasteiger partial charge < -0.3 is 0 Å². The van der Waals surface area contributed by atoms with E-state index >= 15 is 0 Å². The normalized spacial score (nSPS) is 11.5. The molecule has 1 aromatic heterocycles. The molecule has 12 aromatic rings. The van der Waals surface area contributed by atoms with Gasteiger partial charge in [0.25, 0.3) is 0 Å². The molecule has 0 fully saturated rings. The van der Waals surface area contributed by atoms with Crippen LogP contribution in [0.5, 0.6) is 0 Å². The fourth-order valence-corrected chi connectivity index (χ4v) is 9.30. The Hall–Kier alpha value is -8.27. The molecule has 0 N–H and O–H groups in total. The molecule has 0 aliphatic heterocycles. The SMILES string of the molecule is c1ccc(-c2ccccc2-c2nc(-c3ccc(-c4ccc5ccccc5c4)cc3)nc(-c3ccc(-c4c5ccccc5cc5c4ccc4ccccc45)c4ccccc34)n2)cc1. The first-order valence-electron chi connectivity index (χ1n) is 21.1. The van der Waals surface area contributed by atoms with Crippen molar-refractivity contribution in [1.82, 2.24) is 15.0 Å². The van der Waals surface area contributed by atoms with Crippen LogP contribution >= 0.6 is 0 Å². The fraction of sp³-hybridized carbons (Fsp3) is 0. The minimum Gasteiger partial charge on any atom is -0.208 e. The summed E-state index contributed by atoms with van der Waals surface area (Å²) in [4.78, 5) is 15.9. The summed E-state index contributed by atoms with van der Waals surface area (Å²) in [6.07, 6.45) is 0. The fourth-order valence-electron chi connectivity index (χ4n) is 9.30. The average Bonchev–Trinajstić information content (AvgIpc) is 3.35. The molecule has 3 nitrogen and oxygen atoms in total. The average molecular weight is 788 g/mol. The zero-order valence-electron chi connectivity index (χ0n) is 33.7. The molecule has 1 heterocycles. The third kappa shape index (κ3) is 6.10. The second-order valence-corrected chi connectivity index (χ2v) is 15.9. The molecule has 0 bridgehead atoms. The second-order valence-electron chi connectivity index (χ2n) is 15.9. The molecule has 0 radical (unpaired) electrons. The number of aromatic nitrogens is 3. The van der Waals surface area contributed by atoms with E-state index in [1.165, 1.54) is 59.8 Å². The molecule has 3 heteroatoms. The van der Waals surface area contributed by atoms with Crippen molar-refractivity contribution in [3.63, 3.8) is 0 Å². The van der Waals surface area contributed by atoms with Crippen LogP contribution in [-0.2, 0) is 0 Å². The maximum atomic E-state index is 5.34. The number of rotatable bonds is 6. The van der Waals surface area contributed by atoms with E-state index in [4.69, 9.17) is 15.0 Å². The highest BCUT2D eigenvalue weighted by Gasteiger charge is 2.20. The topological polar surface area (TPSA) is 38.7 Å². The molecule has 0 aliphatic carbocycles. The molecular formula is C59H37N3. The van der Waals surface area contributed by atoms with Crippen LogP contribution in [0.3, 0.4) is 0 Å². The molecule has 11 aromatic carbocycles. The van der Waals surface area contributed by atoms with E-state index in [2.05, 4.69) is 218 Å². The minimum atomic E-state index is 0.623. The lowest BCUT2D eigenvalue weighted by Crippen LogP contribution is -2.01. The Labute approximate surface area is 359 Å². The van der Waals surface area contributed by atoms with Gasteiger partial charge in [0.1, 0.15) is 0 Å². The van der Waals surface area contributed by atoms with Crippen molar-refractivity contribution in [2.45, 2.75) is 0 Å². The summed E-state index contributed by atoms with van der Waals surface area (Å²) < 4.78 is 0. The number of hydrogen-bond acceptors (Lipinski definition) is 3. The minimum absolute atomic E-state index is 0.623. The van der Waals surface area contributed by atoms with Gasteiger partial charge in [0.05, 0.1) is 0 Å². The molecule has 288 valence electrons. The van der Waals surface area contributed by atoms with Crippen molar-refractivity contribution in [1.29, 1.82) is 0 Å². The van der Waals surface area contributed by atoms with Crippen molar-refractivity contribution in [2.24, 2.45) is 0 Å². The van der Waals surface area contributed by atoms with Gasteiger partial charge >= 0.3 is 0 Å². The Balaban J connectivity index is 1.06. The third-order valence-electron chi connectivity index (χ3n) is 12.3. The lowest BCUT2D eigenvalue weighted by Gasteiger charge is -2.17. The summed E-state index contributed by atoms with van der Waals surface area (Å²) in [5, 5.41) is 12.1. The number of nitrogens with zero attached hydrogens (tertiary/aromatic N) is 3. The zero-order chi connectivity index (χ0) is 41.0. The molecule has 0 saturated carbocycles. The quantitative estimate of drug-likeness (QED) is 0.124. The smallest absolute Gasteiger partial charge is 0.164 e. The first-order valence-corrected chi connectivity index (χ1v) is 21.1.